The van der Waals surface area contributed by atoms with Gasteiger partial charge in [-0.05, 0) is 243 Å². The van der Waals surface area contributed by atoms with E-state index in [1.165, 1.54) is 117 Å². The highest BCUT2D eigenvalue weighted by Gasteiger charge is 2.35. The van der Waals surface area contributed by atoms with Crippen molar-refractivity contribution in [3.63, 3.8) is 0 Å². The van der Waals surface area contributed by atoms with Gasteiger partial charge in [-0.3, -0.25) is 0 Å². The highest BCUT2D eigenvalue weighted by atomic mass is 15.2. The third-order valence-electron chi connectivity index (χ3n) is 23.5. The molecule has 0 aliphatic carbocycles. The summed E-state index contributed by atoms with van der Waals surface area (Å²) in [6, 6.07) is 79.2. The minimum Gasteiger partial charge on any atom is -0.309 e. The van der Waals surface area contributed by atoms with Gasteiger partial charge < -0.3 is 9.80 Å². The zero-order chi connectivity index (χ0) is 83.1. The zero-order valence-electron chi connectivity index (χ0n) is 76.4. The van der Waals surface area contributed by atoms with E-state index in [1.807, 2.05) is 0 Å². The maximum absolute atomic E-state index is 2.72. The van der Waals surface area contributed by atoms with Gasteiger partial charge in [-0.15, -0.1) is 0 Å². The van der Waals surface area contributed by atoms with Crippen LogP contribution < -0.4 is 9.80 Å². The van der Waals surface area contributed by atoms with E-state index < -0.39 is 0 Å². The van der Waals surface area contributed by atoms with Crippen LogP contribution in [0.15, 0.2) is 194 Å². The van der Waals surface area contributed by atoms with Crippen molar-refractivity contribution < 1.29 is 0 Å². The molecule has 0 saturated carbocycles. The van der Waals surface area contributed by atoms with Crippen LogP contribution in [-0.4, -0.2) is 0 Å². The lowest BCUT2D eigenvalue weighted by atomic mass is 9.78. The molecule has 0 saturated heterocycles. The maximum atomic E-state index is 2.72. The van der Waals surface area contributed by atoms with Crippen molar-refractivity contribution in [3.05, 3.63) is 261 Å². The molecule has 0 unspecified atom stereocenters. The Labute approximate surface area is 680 Å². The average molecular weight is 1490 g/mol. The standard InChI is InChI=1S/C110H140N2/c1-99(2,3)77-41-39-40-69(48-77)70-46-71(74-49-79(101(7,8)9)59-80(50-74)102(10,11)12)56-89(55-70)112(92-66-87(109(31,32)33)63-88(67-92)110(34,35)36)98-94-43-38-37-42-93(94)97(95-45-44-78(68-96(95)98)100(4,5)6)111(91-64-85(107(25,26)27)62-86(65-91)108(28,29)30)90-57-72(75-51-81(103(13,14)15)60-82(52-75)104(16,17)18)47-73(58-90)76-53-83(105(19,20)21)61-84(54-76)106(22,23)24/h37-68H,1-36H3. The first-order chi connectivity index (χ1) is 51.0. The van der Waals surface area contributed by atoms with Gasteiger partial charge in [0.25, 0.3) is 0 Å². The van der Waals surface area contributed by atoms with Crippen LogP contribution in [0.3, 0.4) is 0 Å². The minimum atomic E-state index is -0.228. The number of nitrogens with zero attached hydrogens (tertiary/aromatic N) is 2. The van der Waals surface area contributed by atoms with Gasteiger partial charge in [0, 0.05) is 44.3 Å². The Morgan fingerprint density at radius 2 is 0.348 bits per heavy atom. The van der Waals surface area contributed by atoms with Crippen molar-refractivity contribution in [2.75, 3.05) is 9.80 Å². The molecule has 0 aromatic heterocycles. The summed E-state index contributed by atoms with van der Waals surface area (Å²) in [5.74, 6) is 0. The van der Waals surface area contributed by atoms with Crippen LogP contribution in [0.25, 0.3) is 66.1 Å². The molecule has 2 heteroatoms. The van der Waals surface area contributed by atoms with Gasteiger partial charge in [0.05, 0.1) is 11.4 Å². The van der Waals surface area contributed by atoms with Crippen LogP contribution in [0.2, 0.25) is 0 Å². The van der Waals surface area contributed by atoms with Gasteiger partial charge in [-0.2, -0.15) is 0 Å². The van der Waals surface area contributed by atoms with Gasteiger partial charge in [-0.25, -0.2) is 0 Å². The van der Waals surface area contributed by atoms with Crippen molar-refractivity contribution >= 4 is 55.7 Å². The van der Waals surface area contributed by atoms with Crippen molar-refractivity contribution in [2.45, 2.75) is 314 Å². The Hall–Kier alpha value is -8.46. The summed E-state index contributed by atoms with van der Waals surface area (Å²) < 4.78 is 0. The first-order valence-electron chi connectivity index (χ1n) is 41.9. The highest BCUT2D eigenvalue weighted by Crippen LogP contribution is 2.56. The van der Waals surface area contributed by atoms with Gasteiger partial charge in [0.15, 0.2) is 0 Å². The fourth-order valence-electron chi connectivity index (χ4n) is 15.4. The predicted octanol–water partition coefficient (Wildman–Crippen LogP) is 33.2. The zero-order valence-corrected chi connectivity index (χ0v) is 76.4. The molecule has 0 heterocycles. The summed E-state index contributed by atoms with van der Waals surface area (Å²) >= 11 is 0. The van der Waals surface area contributed by atoms with E-state index >= 15 is 0 Å². The summed E-state index contributed by atoms with van der Waals surface area (Å²) in [5, 5.41) is 4.65. The summed E-state index contributed by atoms with van der Waals surface area (Å²) in [5.41, 5.74) is 30.3. The number of fused-ring (bicyclic) bond motifs is 2. The van der Waals surface area contributed by atoms with Gasteiger partial charge in [0.2, 0.25) is 0 Å². The molecule has 0 spiro atoms. The Balaban J connectivity index is 1.42. The summed E-state index contributed by atoms with van der Waals surface area (Å²) in [6.07, 6.45) is 0. The Morgan fingerprint density at radius 3 is 0.616 bits per heavy atom. The maximum Gasteiger partial charge on any atom is 0.0620 e. The van der Waals surface area contributed by atoms with Crippen molar-refractivity contribution in [3.8, 4) is 44.5 Å². The molecule has 0 aliphatic rings. The Kier molecular flexibility index (Phi) is 21.7. The fourth-order valence-corrected chi connectivity index (χ4v) is 15.4. The highest BCUT2D eigenvalue weighted by molar-refractivity contribution is 6.24. The number of benzene rings is 11. The van der Waals surface area contributed by atoms with Gasteiger partial charge in [0.1, 0.15) is 0 Å². The van der Waals surface area contributed by atoms with E-state index in [2.05, 4.69) is 453 Å². The van der Waals surface area contributed by atoms with Crippen LogP contribution in [0, 0.1) is 0 Å². The van der Waals surface area contributed by atoms with E-state index in [-0.39, 0.29) is 65.0 Å². The molecule has 0 N–H and O–H groups in total. The smallest absolute Gasteiger partial charge is 0.0620 e. The second-order valence-electron chi connectivity index (χ2n) is 45.7. The summed E-state index contributed by atoms with van der Waals surface area (Å²) in [4.78, 5) is 5.44. The van der Waals surface area contributed by atoms with Crippen molar-refractivity contribution in [2.24, 2.45) is 0 Å². The van der Waals surface area contributed by atoms with E-state index in [1.54, 1.807) is 0 Å². The van der Waals surface area contributed by atoms with Crippen LogP contribution in [0.1, 0.15) is 316 Å². The molecule has 11 rings (SSSR count). The number of hydrogen-bond acceptors (Lipinski definition) is 2. The molecule has 0 bridgehead atoms. The first kappa shape index (κ1) is 84.4. The molecule has 0 amide bonds. The minimum absolute atomic E-state index is 0.0778. The Morgan fingerprint density at radius 1 is 0.143 bits per heavy atom. The molecular weight excluding hydrogens is 1350 g/mol. The van der Waals surface area contributed by atoms with E-state index in [9.17, 15) is 0 Å². The van der Waals surface area contributed by atoms with Gasteiger partial charge >= 0.3 is 0 Å². The normalized spacial score (nSPS) is 13.5. The topological polar surface area (TPSA) is 6.48 Å². The largest absolute Gasteiger partial charge is 0.309 e. The second kappa shape index (κ2) is 28.8. The SMILES string of the molecule is CC(C)(C)c1cccc(-c2cc(-c3cc(C(C)(C)C)cc(C(C)(C)C)c3)cc(N(c3cc(C(C)(C)C)cc(C(C)(C)C)c3)c3c4ccccc4c(N(c4cc(-c5cc(C(C)(C)C)cc(C(C)(C)C)c5)cc(-c5cc(C(C)(C)C)cc(C(C)(C)C)c5)c4)c4cc(C(C)(C)C)cc(C(C)(C)C)c4)c4ccc(C(C)(C)C)cc34)c2)c1. The number of rotatable bonds is 10. The number of hydrogen-bond donors (Lipinski definition) is 0. The quantitative estimate of drug-likeness (QED) is 0.0995. The monoisotopic (exact) mass is 1490 g/mol. The van der Waals surface area contributed by atoms with Crippen molar-refractivity contribution in [1.29, 1.82) is 0 Å². The molecular formula is C110H140N2. The molecule has 0 aliphatic heterocycles. The van der Waals surface area contributed by atoms with Gasteiger partial charge in [-0.1, -0.05) is 377 Å². The van der Waals surface area contributed by atoms with E-state index in [4.69, 9.17) is 0 Å². The predicted molar refractivity (Wildman–Crippen MR) is 497 cm³/mol. The Bertz CT molecular complexity index is 5120. The summed E-state index contributed by atoms with van der Waals surface area (Å²) in [6.45, 7) is 85.5. The van der Waals surface area contributed by atoms with E-state index in [0.29, 0.717) is 0 Å². The van der Waals surface area contributed by atoms with Crippen molar-refractivity contribution in [1.82, 2.24) is 0 Å². The summed E-state index contributed by atoms with van der Waals surface area (Å²) in [7, 11) is 0. The lowest BCUT2D eigenvalue weighted by molar-refractivity contribution is 0.568. The lowest BCUT2D eigenvalue weighted by Gasteiger charge is -2.36. The third-order valence-corrected chi connectivity index (χ3v) is 23.5. The molecule has 2 nitrogen and oxygen atoms in total. The van der Waals surface area contributed by atoms with Crippen LogP contribution in [0.5, 0.6) is 0 Å². The number of anilines is 6. The fraction of sp³-hybridized carbons (Fsp3) is 0.436. The molecule has 11 aromatic rings. The van der Waals surface area contributed by atoms with Crippen LogP contribution in [0.4, 0.5) is 34.1 Å². The first-order valence-corrected chi connectivity index (χ1v) is 41.9. The van der Waals surface area contributed by atoms with E-state index in [0.717, 1.165) is 50.3 Å². The third kappa shape index (κ3) is 18.2. The molecule has 11 aromatic carbocycles. The molecule has 0 fully saturated rings. The van der Waals surface area contributed by atoms with Crippen LogP contribution >= 0.6 is 0 Å². The molecule has 0 atom stereocenters. The molecule has 590 valence electrons. The molecule has 112 heavy (non-hydrogen) atoms. The lowest BCUT2D eigenvalue weighted by Crippen LogP contribution is -2.21. The average Bonchev–Trinajstić information content (AvgIpc) is 0.711. The molecule has 0 radical (unpaired) electrons. The second-order valence-corrected chi connectivity index (χ2v) is 45.7. The van der Waals surface area contributed by atoms with Crippen LogP contribution in [-0.2, 0) is 65.0 Å².